The number of ether oxygens (including phenoxy) is 1. The molecule has 1 aromatic carbocycles. The largest absolute Gasteiger partial charge is 0.457 e. The van der Waals surface area contributed by atoms with Crippen LogP contribution in [-0.2, 0) is 4.79 Å². The molecule has 1 N–H and O–H groups in total. The number of rotatable bonds is 5. The lowest BCUT2D eigenvalue weighted by molar-refractivity contribution is -0.116. The van der Waals surface area contributed by atoms with Gasteiger partial charge in [-0.25, -0.2) is 0 Å². The summed E-state index contributed by atoms with van der Waals surface area (Å²) in [6.45, 7) is 2.30. The SMILES string of the molecule is Cc1cc(NC(=O)CN(C)C)ccc1Oc1ccncc1. The molecule has 1 heterocycles. The summed E-state index contributed by atoms with van der Waals surface area (Å²) in [5.74, 6) is 1.45. The van der Waals surface area contributed by atoms with Crippen LogP contribution in [0.4, 0.5) is 5.69 Å². The number of anilines is 1. The van der Waals surface area contributed by atoms with Crippen molar-refractivity contribution in [1.82, 2.24) is 9.88 Å². The second kappa shape index (κ2) is 6.85. The van der Waals surface area contributed by atoms with E-state index in [1.165, 1.54) is 0 Å². The molecule has 0 spiro atoms. The lowest BCUT2D eigenvalue weighted by Gasteiger charge is -2.12. The lowest BCUT2D eigenvalue weighted by atomic mass is 10.2. The van der Waals surface area contributed by atoms with Gasteiger partial charge >= 0.3 is 0 Å². The van der Waals surface area contributed by atoms with E-state index in [4.69, 9.17) is 4.74 Å². The number of pyridine rings is 1. The van der Waals surface area contributed by atoms with Gasteiger partial charge in [-0.05, 0) is 56.9 Å². The molecule has 1 aromatic heterocycles. The molecule has 0 atom stereocenters. The number of hydrogen-bond acceptors (Lipinski definition) is 4. The fourth-order valence-corrected chi connectivity index (χ4v) is 1.86. The highest BCUT2D eigenvalue weighted by Gasteiger charge is 2.06. The van der Waals surface area contributed by atoms with Crippen LogP contribution in [0.5, 0.6) is 11.5 Å². The van der Waals surface area contributed by atoms with Gasteiger partial charge in [0.2, 0.25) is 5.91 Å². The average Bonchev–Trinajstić information content (AvgIpc) is 2.42. The summed E-state index contributed by atoms with van der Waals surface area (Å²) in [5.41, 5.74) is 1.72. The minimum atomic E-state index is -0.0396. The predicted octanol–water partition coefficient (Wildman–Crippen LogP) is 2.68. The van der Waals surface area contributed by atoms with Gasteiger partial charge in [0.1, 0.15) is 11.5 Å². The molecule has 2 aromatic rings. The number of aromatic nitrogens is 1. The molecule has 0 aliphatic rings. The highest BCUT2D eigenvalue weighted by Crippen LogP contribution is 2.26. The van der Waals surface area contributed by atoms with Gasteiger partial charge in [-0.3, -0.25) is 9.78 Å². The van der Waals surface area contributed by atoms with E-state index in [1.54, 1.807) is 24.5 Å². The molecule has 0 radical (unpaired) electrons. The Morgan fingerprint density at radius 2 is 1.95 bits per heavy atom. The first kappa shape index (κ1) is 15.0. The Labute approximate surface area is 124 Å². The molecule has 0 saturated heterocycles. The summed E-state index contributed by atoms with van der Waals surface area (Å²) < 4.78 is 5.77. The summed E-state index contributed by atoms with van der Waals surface area (Å²) in [5, 5.41) is 2.86. The molecular formula is C16H19N3O2. The maximum Gasteiger partial charge on any atom is 0.238 e. The van der Waals surface area contributed by atoms with Gasteiger partial charge in [0, 0.05) is 18.1 Å². The predicted molar refractivity (Wildman–Crippen MR) is 82.7 cm³/mol. The number of likely N-dealkylation sites (N-methyl/N-ethyl adjacent to an activating group) is 1. The second-order valence-electron chi connectivity index (χ2n) is 5.05. The standard InChI is InChI=1S/C16H19N3O2/c1-12-10-13(18-16(20)11-19(2)3)4-5-15(12)21-14-6-8-17-9-7-14/h4-10H,11H2,1-3H3,(H,18,20). The first-order valence-electron chi connectivity index (χ1n) is 6.68. The van der Waals surface area contributed by atoms with Crippen LogP contribution in [0, 0.1) is 6.92 Å². The molecular weight excluding hydrogens is 266 g/mol. The number of nitrogens with one attached hydrogen (secondary N) is 1. The Morgan fingerprint density at radius 3 is 2.57 bits per heavy atom. The maximum atomic E-state index is 11.7. The van der Waals surface area contributed by atoms with E-state index < -0.39 is 0 Å². The number of nitrogens with zero attached hydrogens (tertiary/aromatic N) is 2. The third-order valence-corrected chi connectivity index (χ3v) is 2.80. The average molecular weight is 285 g/mol. The van der Waals surface area contributed by atoms with Crippen LogP contribution in [0.3, 0.4) is 0 Å². The smallest absolute Gasteiger partial charge is 0.238 e. The molecule has 2 rings (SSSR count). The van der Waals surface area contributed by atoms with Crippen molar-refractivity contribution < 1.29 is 9.53 Å². The van der Waals surface area contributed by atoms with Gasteiger partial charge in [-0.2, -0.15) is 0 Å². The highest BCUT2D eigenvalue weighted by atomic mass is 16.5. The normalized spacial score (nSPS) is 10.5. The van der Waals surface area contributed by atoms with E-state index in [2.05, 4.69) is 10.3 Å². The molecule has 1 amide bonds. The Hall–Kier alpha value is -2.40. The minimum Gasteiger partial charge on any atom is -0.457 e. The van der Waals surface area contributed by atoms with Gasteiger partial charge in [0.05, 0.1) is 6.54 Å². The third kappa shape index (κ3) is 4.57. The number of amides is 1. The molecule has 110 valence electrons. The number of benzene rings is 1. The second-order valence-corrected chi connectivity index (χ2v) is 5.05. The van der Waals surface area contributed by atoms with Crippen molar-refractivity contribution in [2.45, 2.75) is 6.92 Å². The van der Waals surface area contributed by atoms with Crippen molar-refractivity contribution >= 4 is 11.6 Å². The summed E-state index contributed by atoms with van der Waals surface area (Å²) in [6, 6.07) is 9.17. The molecule has 0 aliphatic heterocycles. The van der Waals surface area contributed by atoms with Crippen molar-refractivity contribution in [3.8, 4) is 11.5 Å². The van der Waals surface area contributed by atoms with Crippen LogP contribution in [0.25, 0.3) is 0 Å². The number of carbonyl (C=O) groups excluding carboxylic acids is 1. The zero-order valence-corrected chi connectivity index (χ0v) is 12.5. The summed E-state index contributed by atoms with van der Waals surface area (Å²) in [7, 11) is 3.72. The van der Waals surface area contributed by atoms with Crippen LogP contribution < -0.4 is 10.1 Å². The van der Waals surface area contributed by atoms with E-state index in [-0.39, 0.29) is 5.91 Å². The van der Waals surface area contributed by atoms with Gasteiger partial charge < -0.3 is 15.0 Å². The van der Waals surface area contributed by atoms with Crippen molar-refractivity contribution in [2.75, 3.05) is 26.0 Å². The molecule has 0 saturated carbocycles. The van der Waals surface area contributed by atoms with Gasteiger partial charge in [-0.15, -0.1) is 0 Å². The van der Waals surface area contributed by atoms with Gasteiger partial charge in [-0.1, -0.05) is 0 Å². The highest BCUT2D eigenvalue weighted by molar-refractivity contribution is 5.92. The topological polar surface area (TPSA) is 54.5 Å². The van der Waals surface area contributed by atoms with Crippen molar-refractivity contribution in [2.24, 2.45) is 0 Å². The number of aryl methyl sites for hydroxylation is 1. The monoisotopic (exact) mass is 285 g/mol. The van der Waals surface area contributed by atoms with E-state index in [1.807, 2.05) is 44.1 Å². The fraction of sp³-hybridized carbons (Fsp3) is 0.250. The van der Waals surface area contributed by atoms with Crippen LogP contribution in [-0.4, -0.2) is 36.4 Å². The van der Waals surface area contributed by atoms with Crippen molar-refractivity contribution in [1.29, 1.82) is 0 Å². The maximum absolute atomic E-state index is 11.7. The van der Waals surface area contributed by atoms with E-state index in [0.29, 0.717) is 6.54 Å². The van der Waals surface area contributed by atoms with E-state index in [9.17, 15) is 4.79 Å². The Balaban J connectivity index is 2.05. The van der Waals surface area contributed by atoms with Crippen LogP contribution in [0.15, 0.2) is 42.7 Å². The first-order valence-corrected chi connectivity index (χ1v) is 6.68. The van der Waals surface area contributed by atoms with Crippen molar-refractivity contribution in [3.63, 3.8) is 0 Å². The third-order valence-electron chi connectivity index (χ3n) is 2.80. The van der Waals surface area contributed by atoms with Crippen LogP contribution >= 0.6 is 0 Å². The van der Waals surface area contributed by atoms with Crippen molar-refractivity contribution in [3.05, 3.63) is 48.3 Å². The summed E-state index contributed by atoms with van der Waals surface area (Å²) >= 11 is 0. The minimum absolute atomic E-state index is 0.0396. The zero-order chi connectivity index (χ0) is 15.2. The summed E-state index contributed by atoms with van der Waals surface area (Å²) in [4.78, 5) is 17.5. The Kier molecular flexibility index (Phi) is 4.90. The summed E-state index contributed by atoms with van der Waals surface area (Å²) in [6.07, 6.45) is 3.36. The Bertz CT molecular complexity index is 612. The Morgan fingerprint density at radius 1 is 1.24 bits per heavy atom. The molecule has 0 fully saturated rings. The van der Waals surface area contributed by atoms with Crippen LogP contribution in [0.1, 0.15) is 5.56 Å². The van der Waals surface area contributed by atoms with E-state index >= 15 is 0 Å². The quantitative estimate of drug-likeness (QED) is 0.917. The molecule has 5 heteroatoms. The van der Waals surface area contributed by atoms with Gasteiger partial charge in [0.25, 0.3) is 0 Å². The molecule has 5 nitrogen and oxygen atoms in total. The molecule has 21 heavy (non-hydrogen) atoms. The first-order chi connectivity index (χ1) is 10.0. The van der Waals surface area contributed by atoms with E-state index in [0.717, 1.165) is 22.7 Å². The molecule has 0 bridgehead atoms. The lowest BCUT2D eigenvalue weighted by Crippen LogP contribution is -2.27. The van der Waals surface area contributed by atoms with Gasteiger partial charge in [0.15, 0.2) is 0 Å². The number of carbonyl (C=O) groups is 1. The fourth-order valence-electron chi connectivity index (χ4n) is 1.86. The molecule has 0 unspecified atom stereocenters. The zero-order valence-electron chi connectivity index (χ0n) is 12.5. The molecule has 0 aliphatic carbocycles. The van der Waals surface area contributed by atoms with Crippen LogP contribution in [0.2, 0.25) is 0 Å². The number of hydrogen-bond donors (Lipinski definition) is 1.